The maximum absolute atomic E-state index is 12.9. The second kappa shape index (κ2) is 12.2. The molecule has 12 nitrogen and oxygen atoms in total. The molecule has 0 bridgehead atoms. The highest BCUT2D eigenvalue weighted by atomic mass is 16.5. The first-order valence-corrected chi connectivity index (χ1v) is 13.2. The standard InChI is InChI=1S/C28H37N9O3/c1-28(2,3)22(38)15-23(29)34-26(39)18-8-9-21(40-5)19(14-18)33-25-24-20(31-17-32-25)16-30-27(35-24)36(4)12-13-37-10-6-7-11-37/h8-9,14-17,38H,6-7,10-13H2,1-5H3,(H2,29,34,39)(H,31,32,33)/b22-15-. The maximum atomic E-state index is 12.9. The fourth-order valence-corrected chi connectivity index (χ4v) is 4.18. The molecule has 1 saturated heterocycles. The Bertz CT molecular complexity index is 1410. The quantitative estimate of drug-likeness (QED) is 0.176. The van der Waals surface area contributed by atoms with Gasteiger partial charge < -0.3 is 30.3 Å². The van der Waals surface area contributed by atoms with Crippen LogP contribution in [0, 0.1) is 10.8 Å². The second-order valence-corrected chi connectivity index (χ2v) is 10.8. The third-order valence-electron chi connectivity index (χ3n) is 6.67. The van der Waals surface area contributed by atoms with Crippen LogP contribution in [0.2, 0.25) is 0 Å². The summed E-state index contributed by atoms with van der Waals surface area (Å²) < 4.78 is 5.51. The van der Waals surface area contributed by atoms with Gasteiger partial charge >= 0.3 is 0 Å². The summed E-state index contributed by atoms with van der Waals surface area (Å²) in [5, 5.41) is 23.9. The molecule has 0 saturated carbocycles. The van der Waals surface area contributed by atoms with Crippen molar-refractivity contribution in [3.63, 3.8) is 0 Å². The average molecular weight is 548 g/mol. The monoisotopic (exact) mass is 547 g/mol. The summed E-state index contributed by atoms with van der Waals surface area (Å²) >= 11 is 0. The lowest BCUT2D eigenvalue weighted by molar-refractivity contribution is 0.0977. The van der Waals surface area contributed by atoms with Gasteiger partial charge in [0.1, 0.15) is 34.7 Å². The Morgan fingerprint density at radius 2 is 1.98 bits per heavy atom. The third-order valence-corrected chi connectivity index (χ3v) is 6.67. The highest BCUT2D eigenvalue weighted by Gasteiger charge is 2.19. The van der Waals surface area contributed by atoms with E-state index in [9.17, 15) is 9.90 Å². The van der Waals surface area contributed by atoms with E-state index in [1.165, 1.54) is 32.4 Å². The number of aliphatic hydroxyl groups is 1. The smallest absolute Gasteiger partial charge is 0.256 e. The molecule has 0 radical (unpaired) electrons. The molecule has 4 N–H and O–H groups in total. The van der Waals surface area contributed by atoms with Crippen molar-refractivity contribution < 1.29 is 14.6 Å². The molecule has 1 amide bonds. The first-order chi connectivity index (χ1) is 19.0. The number of nitrogens with one attached hydrogen (secondary N) is 3. The van der Waals surface area contributed by atoms with E-state index < -0.39 is 11.3 Å². The SMILES string of the molecule is COc1ccc(C(=O)NC(=N)/C=C(\O)C(C)(C)C)cc1Nc1ncnc2cnc(N(C)CCN3CCCC3)nc12. The molecule has 40 heavy (non-hydrogen) atoms. The summed E-state index contributed by atoms with van der Waals surface area (Å²) in [5.74, 6) is 0.750. The molecule has 1 aliphatic heterocycles. The van der Waals surface area contributed by atoms with Crippen LogP contribution in [0.1, 0.15) is 44.0 Å². The van der Waals surface area contributed by atoms with Crippen molar-refractivity contribution in [1.29, 1.82) is 5.41 Å². The number of nitrogens with zero attached hydrogens (tertiary/aromatic N) is 6. The van der Waals surface area contributed by atoms with Crippen LogP contribution in [0.4, 0.5) is 17.5 Å². The molecule has 0 atom stereocenters. The van der Waals surface area contributed by atoms with Gasteiger partial charge in [-0.1, -0.05) is 20.8 Å². The number of likely N-dealkylation sites (tertiary alicyclic amines) is 1. The molecular formula is C28H37N9O3. The van der Waals surface area contributed by atoms with Crippen LogP contribution in [0.5, 0.6) is 5.75 Å². The number of allylic oxidation sites excluding steroid dienone is 1. The predicted molar refractivity (Wildman–Crippen MR) is 156 cm³/mol. The molecule has 212 valence electrons. The van der Waals surface area contributed by atoms with Crippen molar-refractivity contribution in [2.45, 2.75) is 33.6 Å². The number of anilines is 3. The van der Waals surface area contributed by atoms with Crippen LogP contribution < -0.4 is 20.3 Å². The van der Waals surface area contributed by atoms with Gasteiger partial charge in [-0.3, -0.25) is 10.2 Å². The zero-order valence-electron chi connectivity index (χ0n) is 23.7. The Hall–Kier alpha value is -4.32. The maximum Gasteiger partial charge on any atom is 0.256 e. The van der Waals surface area contributed by atoms with Crippen molar-refractivity contribution in [2.75, 3.05) is 50.6 Å². The van der Waals surface area contributed by atoms with E-state index >= 15 is 0 Å². The fourth-order valence-electron chi connectivity index (χ4n) is 4.18. The molecular weight excluding hydrogens is 510 g/mol. The van der Waals surface area contributed by atoms with E-state index in [0.717, 1.165) is 26.2 Å². The van der Waals surface area contributed by atoms with Crippen LogP contribution >= 0.6 is 0 Å². The summed E-state index contributed by atoms with van der Waals surface area (Å²) in [4.78, 5) is 35.3. The van der Waals surface area contributed by atoms with Crippen molar-refractivity contribution in [2.24, 2.45) is 5.41 Å². The summed E-state index contributed by atoms with van der Waals surface area (Å²) in [7, 11) is 3.50. The van der Waals surface area contributed by atoms with Crippen molar-refractivity contribution >= 4 is 40.2 Å². The fraction of sp³-hybridized carbons (Fsp3) is 0.429. The molecule has 0 unspecified atom stereocenters. The Kier molecular flexibility index (Phi) is 8.78. The van der Waals surface area contributed by atoms with Gasteiger partial charge in [0.2, 0.25) is 5.95 Å². The first-order valence-electron chi connectivity index (χ1n) is 13.2. The number of ether oxygens (including phenoxy) is 1. The van der Waals surface area contributed by atoms with Gasteiger partial charge in [-0.05, 0) is 44.1 Å². The highest BCUT2D eigenvalue weighted by molar-refractivity contribution is 6.09. The second-order valence-electron chi connectivity index (χ2n) is 10.8. The van der Waals surface area contributed by atoms with Crippen LogP contribution in [0.15, 0.2) is 42.6 Å². The zero-order valence-corrected chi connectivity index (χ0v) is 23.7. The van der Waals surface area contributed by atoms with Gasteiger partial charge in [-0.15, -0.1) is 0 Å². The summed E-state index contributed by atoms with van der Waals surface area (Å²) in [6, 6.07) is 4.85. The van der Waals surface area contributed by atoms with Gasteiger partial charge in [0.15, 0.2) is 5.82 Å². The molecule has 1 fully saturated rings. The number of amides is 1. The van der Waals surface area contributed by atoms with Crippen LogP contribution in [0.25, 0.3) is 11.0 Å². The Balaban J connectivity index is 1.56. The number of aromatic nitrogens is 4. The number of rotatable bonds is 9. The number of hydrogen-bond acceptors (Lipinski definition) is 11. The predicted octanol–water partition coefficient (Wildman–Crippen LogP) is 3.90. The summed E-state index contributed by atoms with van der Waals surface area (Å²) in [6.45, 7) is 9.44. The number of carbonyl (C=O) groups excluding carboxylic acids is 1. The average Bonchev–Trinajstić information content (AvgIpc) is 3.45. The van der Waals surface area contributed by atoms with Crippen LogP contribution in [-0.4, -0.2) is 82.0 Å². The van der Waals surface area contributed by atoms with Gasteiger partial charge in [-0.2, -0.15) is 0 Å². The molecule has 1 aliphatic rings. The van der Waals surface area contributed by atoms with Crippen LogP contribution in [0.3, 0.4) is 0 Å². The number of aliphatic hydroxyl groups excluding tert-OH is 1. The van der Waals surface area contributed by atoms with E-state index in [2.05, 4.69) is 30.5 Å². The number of likely N-dealkylation sites (N-methyl/N-ethyl adjacent to an activating group) is 1. The minimum atomic E-state index is -0.541. The number of benzene rings is 1. The van der Waals surface area contributed by atoms with Gasteiger partial charge in [0.25, 0.3) is 5.91 Å². The van der Waals surface area contributed by atoms with E-state index in [0.29, 0.717) is 34.2 Å². The zero-order chi connectivity index (χ0) is 28.9. The van der Waals surface area contributed by atoms with Crippen LogP contribution in [-0.2, 0) is 0 Å². The minimum Gasteiger partial charge on any atom is -0.512 e. The number of fused-ring (bicyclic) bond motifs is 1. The third kappa shape index (κ3) is 7.00. The van der Waals surface area contributed by atoms with Gasteiger partial charge in [0, 0.05) is 37.2 Å². The van der Waals surface area contributed by atoms with E-state index in [4.69, 9.17) is 15.1 Å². The molecule has 3 heterocycles. The lowest BCUT2D eigenvalue weighted by Gasteiger charge is -2.21. The number of carbonyl (C=O) groups is 1. The number of amidine groups is 1. The Morgan fingerprint density at radius 3 is 2.67 bits per heavy atom. The topological polar surface area (TPSA) is 152 Å². The van der Waals surface area contributed by atoms with Crippen molar-refractivity contribution in [1.82, 2.24) is 30.2 Å². The number of hydrogen-bond donors (Lipinski definition) is 4. The largest absolute Gasteiger partial charge is 0.512 e. The van der Waals surface area contributed by atoms with E-state index in [-0.39, 0.29) is 17.2 Å². The van der Waals surface area contributed by atoms with E-state index in [1.807, 2.05) is 32.7 Å². The lowest BCUT2D eigenvalue weighted by Crippen LogP contribution is -2.32. The van der Waals surface area contributed by atoms with Gasteiger partial charge in [0.05, 0.1) is 19.0 Å². The highest BCUT2D eigenvalue weighted by Crippen LogP contribution is 2.30. The molecule has 0 spiro atoms. The minimum absolute atomic E-state index is 0.00595. The number of methoxy groups -OCH3 is 1. The molecule has 1 aromatic carbocycles. The first kappa shape index (κ1) is 28.7. The molecule has 3 aromatic rings. The summed E-state index contributed by atoms with van der Waals surface area (Å²) in [5.41, 5.74) is 1.33. The van der Waals surface area contributed by atoms with Crippen molar-refractivity contribution in [3.05, 3.63) is 48.1 Å². The normalized spacial score (nSPS) is 14.3. The lowest BCUT2D eigenvalue weighted by atomic mass is 9.93. The van der Waals surface area contributed by atoms with Crippen molar-refractivity contribution in [3.8, 4) is 5.75 Å². The van der Waals surface area contributed by atoms with E-state index in [1.54, 1.807) is 24.4 Å². The molecule has 0 aliphatic carbocycles. The summed E-state index contributed by atoms with van der Waals surface area (Å²) in [6.07, 6.45) is 6.81. The Labute approximate surface area is 234 Å². The molecule has 12 heteroatoms. The molecule has 2 aromatic heterocycles. The molecule has 4 rings (SSSR count). The van der Waals surface area contributed by atoms with Gasteiger partial charge in [-0.25, -0.2) is 19.9 Å². The Morgan fingerprint density at radius 1 is 1.23 bits per heavy atom.